The Balaban J connectivity index is 1.66. The second-order valence-electron chi connectivity index (χ2n) is 5.24. The van der Waals surface area contributed by atoms with E-state index in [9.17, 15) is 0 Å². The Kier molecular flexibility index (Phi) is 4.33. The summed E-state index contributed by atoms with van der Waals surface area (Å²) in [5.41, 5.74) is 4.10. The van der Waals surface area contributed by atoms with Crippen LogP contribution in [0.3, 0.4) is 0 Å². The lowest BCUT2D eigenvalue weighted by molar-refractivity contribution is 0.664. The van der Waals surface area contributed by atoms with Crippen molar-refractivity contribution in [1.82, 2.24) is 10.3 Å². The van der Waals surface area contributed by atoms with Crippen molar-refractivity contribution in [2.45, 2.75) is 32.9 Å². The van der Waals surface area contributed by atoms with E-state index in [1.807, 2.05) is 0 Å². The highest BCUT2D eigenvalue weighted by atomic mass is 32.1. The fourth-order valence-electron chi connectivity index (χ4n) is 2.57. The molecule has 1 aromatic heterocycles. The van der Waals surface area contributed by atoms with Crippen molar-refractivity contribution in [3.05, 3.63) is 46.5 Å². The summed E-state index contributed by atoms with van der Waals surface area (Å²) >= 11 is 1.76. The van der Waals surface area contributed by atoms with Crippen LogP contribution in [0.25, 0.3) is 0 Å². The van der Waals surface area contributed by atoms with Crippen molar-refractivity contribution in [2.24, 2.45) is 0 Å². The van der Waals surface area contributed by atoms with E-state index in [1.54, 1.807) is 11.3 Å². The van der Waals surface area contributed by atoms with Crippen molar-refractivity contribution < 1.29 is 0 Å². The van der Waals surface area contributed by atoms with E-state index in [2.05, 4.69) is 46.8 Å². The molecule has 2 heterocycles. The Hall–Kier alpha value is -1.39. The third kappa shape index (κ3) is 3.02. The molecule has 20 heavy (non-hydrogen) atoms. The van der Waals surface area contributed by atoms with Gasteiger partial charge in [-0.25, -0.2) is 4.98 Å². The van der Waals surface area contributed by atoms with Gasteiger partial charge in [0.15, 0.2) is 5.13 Å². The Morgan fingerprint density at radius 1 is 1.30 bits per heavy atom. The molecule has 0 amide bonds. The second-order valence-corrected chi connectivity index (χ2v) is 6.08. The predicted molar refractivity (Wildman–Crippen MR) is 85.3 cm³/mol. The van der Waals surface area contributed by atoms with Gasteiger partial charge in [0.05, 0.1) is 5.69 Å². The van der Waals surface area contributed by atoms with Gasteiger partial charge in [-0.05, 0) is 30.5 Å². The van der Waals surface area contributed by atoms with Crippen molar-refractivity contribution in [3.63, 3.8) is 0 Å². The molecule has 0 spiro atoms. The average Bonchev–Trinajstić information content (AvgIpc) is 2.96. The highest BCUT2D eigenvalue weighted by Crippen LogP contribution is 2.27. The van der Waals surface area contributed by atoms with Crippen LogP contribution in [-0.2, 0) is 19.5 Å². The third-order valence-corrected chi connectivity index (χ3v) is 4.62. The molecule has 1 aromatic carbocycles. The minimum absolute atomic E-state index is 0.884. The zero-order chi connectivity index (χ0) is 13.8. The molecule has 0 atom stereocenters. The van der Waals surface area contributed by atoms with Crippen LogP contribution < -0.4 is 10.2 Å². The van der Waals surface area contributed by atoms with Gasteiger partial charge in [0.1, 0.15) is 0 Å². The van der Waals surface area contributed by atoms with E-state index in [-0.39, 0.29) is 0 Å². The Bertz CT molecular complexity index is 564. The molecule has 1 aliphatic rings. The lowest BCUT2D eigenvalue weighted by Crippen LogP contribution is -2.30. The molecule has 0 unspecified atom stereocenters. The summed E-state index contributed by atoms with van der Waals surface area (Å²) in [7, 11) is 0. The molecule has 2 aromatic rings. The average molecular weight is 287 g/mol. The number of thiazole rings is 1. The zero-order valence-electron chi connectivity index (χ0n) is 11.9. The highest BCUT2D eigenvalue weighted by molar-refractivity contribution is 7.13. The maximum absolute atomic E-state index is 4.76. The molecule has 0 aliphatic carbocycles. The summed E-state index contributed by atoms with van der Waals surface area (Å²) in [5.74, 6) is 0. The first-order chi connectivity index (χ1) is 9.86. The van der Waals surface area contributed by atoms with Crippen LogP contribution in [0.2, 0.25) is 0 Å². The molecule has 1 aliphatic heterocycles. The molecular formula is C16H21N3S. The summed E-state index contributed by atoms with van der Waals surface area (Å²) in [5, 5.41) is 6.75. The minimum Gasteiger partial charge on any atom is -0.343 e. The number of nitrogens with zero attached hydrogens (tertiary/aromatic N) is 2. The third-order valence-electron chi connectivity index (χ3n) is 3.67. The Labute approximate surface area is 124 Å². The van der Waals surface area contributed by atoms with Crippen LogP contribution in [0, 0.1) is 0 Å². The molecule has 0 fully saturated rings. The quantitative estimate of drug-likeness (QED) is 0.856. The number of hydrogen-bond acceptors (Lipinski definition) is 4. The van der Waals surface area contributed by atoms with E-state index in [4.69, 9.17) is 4.98 Å². The monoisotopic (exact) mass is 287 g/mol. The van der Waals surface area contributed by atoms with Crippen LogP contribution >= 0.6 is 11.3 Å². The first kappa shape index (κ1) is 13.6. The molecule has 106 valence electrons. The molecule has 0 radical (unpaired) electrons. The van der Waals surface area contributed by atoms with Gasteiger partial charge in [-0.3, -0.25) is 0 Å². The van der Waals surface area contributed by atoms with Crippen molar-refractivity contribution in [2.75, 3.05) is 18.0 Å². The number of rotatable bonds is 5. The Morgan fingerprint density at radius 2 is 2.15 bits per heavy atom. The second kappa shape index (κ2) is 6.37. The lowest BCUT2D eigenvalue weighted by atomic mass is 10.0. The van der Waals surface area contributed by atoms with Gasteiger partial charge in [0.2, 0.25) is 0 Å². The summed E-state index contributed by atoms with van der Waals surface area (Å²) < 4.78 is 0. The van der Waals surface area contributed by atoms with Crippen molar-refractivity contribution in [1.29, 1.82) is 0 Å². The Morgan fingerprint density at radius 3 is 3.00 bits per heavy atom. The molecule has 0 saturated carbocycles. The maximum Gasteiger partial charge on any atom is 0.185 e. The number of benzene rings is 1. The van der Waals surface area contributed by atoms with Gasteiger partial charge in [-0.1, -0.05) is 31.2 Å². The van der Waals surface area contributed by atoms with Crippen LogP contribution in [0.1, 0.15) is 30.2 Å². The van der Waals surface area contributed by atoms with Crippen LogP contribution in [0.5, 0.6) is 0 Å². The summed E-state index contributed by atoms with van der Waals surface area (Å²) in [6, 6.07) is 8.74. The number of fused-ring (bicyclic) bond motifs is 1. The number of anilines is 1. The van der Waals surface area contributed by atoms with Crippen molar-refractivity contribution in [3.8, 4) is 0 Å². The van der Waals surface area contributed by atoms with E-state index in [0.29, 0.717) is 0 Å². The fraction of sp³-hybridized carbons (Fsp3) is 0.438. The van der Waals surface area contributed by atoms with Gasteiger partial charge < -0.3 is 10.2 Å². The molecule has 1 N–H and O–H groups in total. The summed E-state index contributed by atoms with van der Waals surface area (Å²) in [6.07, 6.45) is 2.29. The van der Waals surface area contributed by atoms with Gasteiger partial charge in [0.25, 0.3) is 0 Å². The SMILES string of the molecule is CCCNCc1csc(N2CCc3ccccc3C2)n1. The van der Waals surface area contributed by atoms with Gasteiger partial charge in [-0.15, -0.1) is 11.3 Å². The molecular weight excluding hydrogens is 266 g/mol. The topological polar surface area (TPSA) is 28.2 Å². The maximum atomic E-state index is 4.76. The smallest absolute Gasteiger partial charge is 0.185 e. The van der Waals surface area contributed by atoms with Gasteiger partial charge in [-0.2, -0.15) is 0 Å². The van der Waals surface area contributed by atoms with Gasteiger partial charge in [0, 0.05) is 25.0 Å². The molecule has 0 saturated heterocycles. The number of nitrogens with one attached hydrogen (secondary N) is 1. The molecule has 0 bridgehead atoms. The molecule has 4 heteroatoms. The summed E-state index contributed by atoms with van der Waals surface area (Å²) in [6.45, 7) is 6.20. The van der Waals surface area contributed by atoms with Crippen molar-refractivity contribution >= 4 is 16.5 Å². The number of aromatic nitrogens is 1. The zero-order valence-corrected chi connectivity index (χ0v) is 12.7. The predicted octanol–water partition coefficient (Wildman–Crippen LogP) is 3.21. The highest BCUT2D eigenvalue weighted by Gasteiger charge is 2.18. The largest absolute Gasteiger partial charge is 0.343 e. The van der Waals surface area contributed by atoms with E-state index in [0.717, 1.165) is 43.4 Å². The fourth-order valence-corrected chi connectivity index (χ4v) is 3.43. The van der Waals surface area contributed by atoms with Crippen LogP contribution in [0.4, 0.5) is 5.13 Å². The van der Waals surface area contributed by atoms with Crippen LogP contribution in [-0.4, -0.2) is 18.1 Å². The number of hydrogen-bond donors (Lipinski definition) is 1. The van der Waals surface area contributed by atoms with E-state index >= 15 is 0 Å². The standard InChI is InChI=1S/C16H21N3S/c1-2-8-17-10-15-12-20-16(18-15)19-9-7-13-5-3-4-6-14(13)11-19/h3-6,12,17H,2,7-11H2,1H3. The lowest BCUT2D eigenvalue weighted by Gasteiger charge is -2.28. The first-order valence-electron chi connectivity index (χ1n) is 7.33. The van der Waals surface area contributed by atoms with Gasteiger partial charge >= 0.3 is 0 Å². The first-order valence-corrected chi connectivity index (χ1v) is 8.21. The minimum atomic E-state index is 0.884. The molecule has 3 nitrogen and oxygen atoms in total. The summed E-state index contributed by atoms with van der Waals surface area (Å²) in [4.78, 5) is 7.16. The normalized spacial score (nSPS) is 14.3. The van der Waals surface area contributed by atoms with E-state index < -0.39 is 0 Å². The van der Waals surface area contributed by atoms with E-state index in [1.165, 1.54) is 17.5 Å². The van der Waals surface area contributed by atoms with Crippen LogP contribution in [0.15, 0.2) is 29.6 Å². The molecule has 3 rings (SSSR count).